The molecule has 0 radical (unpaired) electrons. The smallest absolute Gasteiger partial charge is 0.244 e. The summed E-state index contributed by atoms with van der Waals surface area (Å²) in [7, 11) is -3.59. The summed E-state index contributed by atoms with van der Waals surface area (Å²) in [5.74, 6) is 0.508. The van der Waals surface area contributed by atoms with E-state index in [1.807, 2.05) is 26.0 Å². The molecule has 1 N–H and O–H groups in total. The van der Waals surface area contributed by atoms with Crippen LogP contribution < -0.4 is 4.72 Å². The number of hydrogen-bond acceptors (Lipinski definition) is 3. The van der Waals surface area contributed by atoms with Gasteiger partial charge in [0.25, 0.3) is 0 Å². The van der Waals surface area contributed by atoms with Crippen LogP contribution in [0.2, 0.25) is 0 Å². The van der Waals surface area contributed by atoms with Gasteiger partial charge in [0.15, 0.2) is 0 Å². The highest BCUT2D eigenvalue weighted by molar-refractivity contribution is 7.89. The van der Waals surface area contributed by atoms with Gasteiger partial charge in [-0.25, -0.2) is 13.1 Å². The lowest BCUT2D eigenvalue weighted by Gasteiger charge is -2.16. The minimum absolute atomic E-state index is 0.243. The molecule has 0 saturated carbocycles. The van der Waals surface area contributed by atoms with E-state index in [4.69, 9.17) is 0 Å². The van der Waals surface area contributed by atoms with Gasteiger partial charge in [-0.1, -0.05) is 38.1 Å². The van der Waals surface area contributed by atoms with Gasteiger partial charge >= 0.3 is 0 Å². The summed E-state index contributed by atoms with van der Waals surface area (Å²) in [5, 5.41) is 4.12. The molecule has 1 heterocycles. The fourth-order valence-corrected chi connectivity index (χ4v) is 4.13. The standard InChI is InChI=1S/C18H27N3O2S/c1-6-13(3)16-8-10-17(11-9-16)14(4)20-24(22,23)18-12-19-21(7-2)15(18)5/h8-14,20H,6-7H2,1-5H3. The molecule has 2 unspecified atom stereocenters. The van der Waals surface area contributed by atoms with Gasteiger partial charge in [0.2, 0.25) is 10.0 Å². The SMILES string of the molecule is CCC(C)c1ccc(C(C)NS(=O)(=O)c2cnn(CC)c2C)cc1. The second kappa shape index (κ2) is 7.49. The van der Waals surface area contributed by atoms with Gasteiger partial charge < -0.3 is 0 Å². The predicted molar refractivity (Wildman–Crippen MR) is 96.5 cm³/mol. The van der Waals surface area contributed by atoms with E-state index < -0.39 is 10.0 Å². The van der Waals surface area contributed by atoms with Crippen molar-refractivity contribution >= 4 is 10.0 Å². The molecule has 0 saturated heterocycles. The molecule has 24 heavy (non-hydrogen) atoms. The number of nitrogens with zero attached hydrogens (tertiary/aromatic N) is 2. The highest BCUT2D eigenvalue weighted by Gasteiger charge is 2.23. The van der Waals surface area contributed by atoms with Crippen LogP contribution in [0.3, 0.4) is 0 Å². The molecular formula is C18H27N3O2S. The molecule has 0 spiro atoms. The zero-order valence-electron chi connectivity index (χ0n) is 15.1. The van der Waals surface area contributed by atoms with Gasteiger partial charge in [0, 0.05) is 12.6 Å². The van der Waals surface area contributed by atoms with Crippen molar-refractivity contribution in [3.63, 3.8) is 0 Å². The molecule has 1 aromatic heterocycles. The van der Waals surface area contributed by atoms with Gasteiger partial charge in [-0.2, -0.15) is 5.10 Å². The summed E-state index contributed by atoms with van der Waals surface area (Å²) < 4.78 is 29.7. The Balaban J connectivity index is 2.18. The molecule has 6 heteroatoms. The van der Waals surface area contributed by atoms with Crippen LogP contribution in [0.25, 0.3) is 0 Å². The zero-order chi connectivity index (χ0) is 17.9. The fourth-order valence-electron chi connectivity index (χ4n) is 2.73. The first-order chi connectivity index (χ1) is 11.3. The zero-order valence-corrected chi connectivity index (χ0v) is 15.9. The average molecular weight is 350 g/mol. The van der Waals surface area contributed by atoms with Crippen molar-refractivity contribution in [2.24, 2.45) is 0 Å². The van der Waals surface area contributed by atoms with Crippen molar-refractivity contribution in [1.29, 1.82) is 0 Å². The summed E-state index contributed by atoms with van der Waals surface area (Å²) >= 11 is 0. The largest absolute Gasteiger partial charge is 0.269 e. The molecule has 0 amide bonds. The highest BCUT2D eigenvalue weighted by Crippen LogP contribution is 2.23. The Morgan fingerprint density at radius 2 is 1.71 bits per heavy atom. The van der Waals surface area contributed by atoms with Crippen LogP contribution >= 0.6 is 0 Å². The molecule has 1 aromatic carbocycles. The van der Waals surface area contributed by atoms with E-state index in [9.17, 15) is 8.42 Å². The lowest BCUT2D eigenvalue weighted by molar-refractivity contribution is 0.565. The van der Waals surface area contributed by atoms with E-state index >= 15 is 0 Å². The second-order valence-corrected chi connectivity index (χ2v) is 7.91. The Bertz CT molecular complexity index is 779. The minimum atomic E-state index is -3.59. The predicted octanol–water partition coefficient (Wildman–Crippen LogP) is 3.76. The summed E-state index contributed by atoms with van der Waals surface area (Å²) in [5.41, 5.74) is 2.88. The molecule has 132 valence electrons. The summed E-state index contributed by atoms with van der Waals surface area (Å²) in [6.45, 7) is 10.6. The van der Waals surface area contributed by atoms with Gasteiger partial charge in [0.1, 0.15) is 4.90 Å². The molecule has 0 aliphatic rings. The van der Waals surface area contributed by atoms with Crippen LogP contribution in [-0.2, 0) is 16.6 Å². The number of rotatable bonds is 7. The average Bonchev–Trinajstić information content (AvgIpc) is 2.95. The molecule has 2 rings (SSSR count). The van der Waals surface area contributed by atoms with Crippen LogP contribution in [0.15, 0.2) is 35.4 Å². The fraction of sp³-hybridized carbons (Fsp3) is 0.500. The van der Waals surface area contributed by atoms with E-state index in [1.54, 1.807) is 11.6 Å². The third-order valence-corrected chi connectivity index (χ3v) is 6.24. The Hall–Kier alpha value is -1.66. The molecule has 0 aliphatic carbocycles. The number of hydrogen-bond donors (Lipinski definition) is 1. The quantitative estimate of drug-likeness (QED) is 0.827. The topological polar surface area (TPSA) is 64.0 Å². The van der Waals surface area contributed by atoms with Gasteiger partial charge in [-0.05, 0) is 44.2 Å². The van der Waals surface area contributed by atoms with Gasteiger partial charge in [-0.15, -0.1) is 0 Å². The van der Waals surface area contributed by atoms with Gasteiger partial charge in [0.05, 0.1) is 11.9 Å². The first-order valence-corrected chi connectivity index (χ1v) is 9.93. The lowest BCUT2D eigenvalue weighted by atomic mass is 9.96. The van der Waals surface area contributed by atoms with E-state index in [1.165, 1.54) is 11.8 Å². The maximum Gasteiger partial charge on any atom is 0.244 e. The van der Waals surface area contributed by atoms with E-state index in [-0.39, 0.29) is 10.9 Å². The maximum absolute atomic E-state index is 12.6. The molecule has 0 bridgehead atoms. The third kappa shape index (κ3) is 3.87. The number of nitrogens with one attached hydrogen (secondary N) is 1. The Morgan fingerprint density at radius 1 is 1.12 bits per heavy atom. The van der Waals surface area contributed by atoms with E-state index in [2.05, 4.69) is 35.8 Å². The van der Waals surface area contributed by atoms with Crippen molar-refractivity contribution in [3.8, 4) is 0 Å². The van der Waals surface area contributed by atoms with Crippen LogP contribution in [0, 0.1) is 6.92 Å². The summed E-state index contributed by atoms with van der Waals surface area (Å²) in [6.07, 6.45) is 2.50. The minimum Gasteiger partial charge on any atom is -0.269 e. The number of benzene rings is 1. The van der Waals surface area contributed by atoms with Crippen LogP contribution in [-0.4, -0.2) is 18.2 Å². The molecular weight excluding hydrogens is 322 g/mol. The number of aryl methyl sites for hydroxylation is 1. The first-order valence-electron chi connectivity index (χ1n) is 8.44. The molecule has 0 fully saturated rings. The first kappa shape index (κ1) is 18.7. The monoisotopic (exact) mass is 349 g/mol. The van der Waals surface area contributed by atoms with Crippen molar-refractivity contribution in [1.82, 2.24) is 14.5 Å². The van der Waals surface area contributed by atoms with E-state index in [0.717, 1.165) is 12.0 Å². The van der Waals surface area contributed by atoms with Gasteiger partial charge in [-0.3, -0.25) is 4.68 Å². The molecule has 2 aromatic rings. The molecule has 5 nitrogen and oxygen atoms in total. The summed E-state index contributed by atoms with van der Waals surface area (Å²) in [6, 6.07) is 7.85. The summed E-state index contributed by atoms with van der Waals surface area (Å²) in [4.78, 5) is 0.243. The number of aromatic nitrogens is 2. The van der Waals surface area contributed by atoms with Crippen LogP contribution in [0.1, 0.15) is 62.9 Å². The van der Waals surface area contributed by atoms with Crippen molar-refractivity contribution < 1.29 is 8.42 Å². The van der Waals surface area contributed by atoms with Crippen LogP contribution in [0.5, 0.6) is 0 Å². The number of sulfonamides is 1. The Labute approximate surface area is 145 Å². The van der Waals surface area contributed by atoms with Crippen molar-refractivity contribution in [2.75, 3.05) is 0 Å². The Morgan fingerprint density at radius 3 is 2.21 bits per heavy atom. The van der Waals surface area contributed by atoms with Crippen molar-refractivity contribution in [3.05, 3.63) is 47.3 Å². The van der Waals surface area contributed by atoms with E-state index in [0.29, 0.717) is 18.2 Å². The maximum atomic E-state index is 12.6. The molecule has 2 atom stereocenters. The third-order valence-electron chi connectivity index (χ3n) is 4.60. The second-order valence-electron chi connectivity index (χ2n) is 6.23. The Kier molecular flexibility index (Phi) is 5.83. The van der Waals surface area contributed by atoms with Crippen LogP contribution in [0.4, 0.5) is 0 Å². The van der Waals surface area contributed by atoms with Crippen molar-refractivity contribution in [2.45, 2.75) is 64.4 Å². The lowest BCUT2D eigenvalue weighted by Crippen LogP contribution is -2.27. The molecule has 0 aliphatic heterocycles. The normalized spacial score (nSPS) is 14.5. The highest BCUT2D eigenvalue weighted by atomic mass is 32.2.